The van der Waals surface area contributed by atoms with Crippen LogP contribution in [0.15, 0.2) is 84.0 Å². The summed E-state index contributed by atoms with van der Waals surface area (Å²) in [6, 6.07) is 24.2. The van der Waals surface area contributed by atoms with Gasteiger partial charge in [-0.2, -0.15) is 0 Å². The highest BCUT2D eigenvalue weighted by molar-refractivity contribution is 5.79. The van der Waals surface area contributed by atoms with E-state index in [4.69, 9.17) is 9.73 Å². The van der Waals surface area contributed by atoms with Crippen LogP contribution in [0.4, 0.5) is 0 Å². The average Bonchev–Trinajstić information content (AvgIpc) is 2.78. The predicted octanol–water partition coefficient (Wildman–Crippen LogP) is 3.96. The van der Waals surface area contributed by atoms with E-state index < -0.39 is 0 Å². The molecule has 0 aliphatic rings. The Labute approximate surface area is 172 Å². The number of hydrogen-bond acceptors (Lipinski definition) is 3. The molecule has 0 aliphatic heterocycles. The third kappa shape index (κ3) is 7.30. The van der Waals surface area contributed by atoms with Crippen molar-refractivity contribution in [1.29, 1.82) is 0 Å². The Kier molecular flexibility index (Phi) is 8.08. The van der Waals surface area contributed by atoms with Crippen molar-refractivity contribution in [3.63, 3.8) is 0 Å². The number of guanidine groups is 1. The van der Waals surface area contributed by atoms with Crippen LogP contribution < -0.4 is 15.4 Å². The van der Waals surface area contributed by atoms with Crippen LogP contribution >= 0.6 is 0 Å². The van der Waals surface area contributed by atoms with Gasteiger partial charge in [0, 0.05) is 31.4 Å². The van der Waals surface area contributed by atoms with Gasteiger partial charge in [-0.05, 0) is 42.3 Å². The Morgan fingerprint density at radius 2 is 1.76 bits per heavy atom. The third-order valence-corrected chi connectivity index (χ3v) is 4.31. The van der Waals surface area contributed by atoms with E-state index >= 15 is 0 Å². The van der Waals surface area contributed by atoms with Crippen LogP contribution in [0.1, 0.15) is 23.7 Å². The number of nitrogens with one attached hydrogen (secondary N) is 2. The van der Waals surface area contributed by atoms with Gasteiger partial charge in [-0.15, -0.1) is 0 Å². The fraction of sp³-hybridized carbons (Fsp3) is 0.250. The Balaban J connectivity index is 1.52. The van der Waals surface area contributed by atoms with Gasteiger partial charge in [-0.1, -0.05) is 48.5 Å². The summed E-state index contributed by atoms with van der Waals surface area (Å²) in [4.78, 5) is 9.04. The molecule has 29 heavy (non-hydrogen) atoms. The topological polar surface area (TPSA) is 58.5 Å². The Bertz CT molecular complexity index is 882. The van der Waals surface area contributed by atoms with Gasteiger partial charge in [-0.25, -0.2) is 4.99 Å². The number of benzene rings is 2. The molecule has 3 rings (SSSR count). The maximum Gasteiger partial charge on any atom is 0.191 e. The van der Waals surface area contributed by atoms with E-state index in [9.17, 15) is 0 Å². The summed E-state index contributed by atoms with van der Waals surface area (Å²) < 4.78 is 5.91. The van der Waals surface area contributed by atoms with Crippen molar-refractivity contribution >= 4 is 5.96 Å². The zero-order valence-corrected chi connectivity index (χ0v) is 16.8. The number of rotatable bonds is 9. The molecule has 5 heteroatoms. The second kappa shape index (κ2) is 11.5. The molecule has 150 valence electrons. The van der Waals surface area contributed by atoms with E-state index in [0.29, 0.717) is 13.2 Å². The number of nitrogens with zero attached hydrogens (tertiary/aromatic N) is 2. The molecular weight excluding hydrogens is 360 g/mol. The zero-order chi connectivity index (χ0) is 20.2. The monoisotopic (exact) mass is 388 g/mol. The van der Waals surface area contributed by atoms with Gasteiger partial charge in [0.2, 0.25) is 0 Å². The maximum absolute atomic E-state index is 5.91. The minimum absolute atomic E-state index is 0.561. The first-order valence-electron chi connectivity index (χ1n) is 10.0. The molecule has 2 aromatic carbocycles. The van der Waals surface area contributed by atoms with E-state index in [-0.39, 0.29) is 0 Å². The predicted molar refractivity (Wildman–Crippen MR) is 118 cm³/mol. The van der Waals surface area contributed by atoms with Gasteiger partial charge in [0.1, 0.15) is 12.4 Å². The maximum atomic E-state index is 5.91. The molecule has 0 radical (unpaired) electrons. The van der Waals surface area contributed by atoms with Crippen molar-refractivity contribution in [3.05, 3.63) is 95.8 Å². The molecule has 0 spiro atoms. The molecule has 0 saturated carbocycles. The van der Waals surface area contributed by atoms with Gasteiger partial charge in [0.15, 0.2) is 5.96 Å². The van der Waals surface area contributed by atoms with Crippen molar-refractivity contribution < 1.29 is 4.74 Å². The summed E-state index contributed by atoms with van der Waals surface area (Å²) in [6.45, 7) is 4.81. The molecule has 0 atom stereocenters. The quantitative estimate of drug-likeness (QED) is 0.430. The number of ether oxygens (including phenoxy) is 1. The van der Waals surface area contributed by atoms with Crippen molar-refractivity contribution in [1.82, 2.24) is 15.6 Å². The van der Waals surface area contributed by atoms with Gasteiger partial charge < -0.3 is 15.4 Å². The highest BCUT2D eigenvalue weighted by Gasteiger charge is 2.01. The minimum atomic E-state index is 0.561. The first-order chi connectivity index (χ1) is 14.3. The molecule has 0 unspecified atom stereocenters. The molecule has 3 aromatic rings. The lowest BCUT2D eigenvalue weighted by molar-refractivity contribution is 0.306. The van der Waals surface area contributed by atoms with Crippen LogP contribution in [0, 0.1) is 0 Å². The van der Waals surface area contributed by atoms with E-state index in [1.54, 1.807) is 0 Å². The van der Waals surface area contributed by atoms with Gasteiger partial charge in [0.25, 0.3) is 0 Å². The molecule has 0 saturated heterocycles. The Morgan fingerprint density at radius 1 is 0.931 bits per heavy atom. The lowest BCUT2D eigenvalue weighted by atomic mass is 10.2. The van der Waals surface area contributed by atoms with Crippen molar-refractivity contribution in [2.24, 2.45) is 4.99 Å². The van der Waals surface area contributed by atoms with Crippen LogP contribution in [0.5, 0.6) is 5.75 Å². The third-order valence-electron chi connectivity index (χ3n) is 4.31. The van der Waals surface area contributed by atoms with Crippen molar-refractivity contribution in [2.75, 3.05) is 13.1 Å². The number of hydrogen-bond donors (Lipinski definition) is 2. The summed E-state index contributed by atoms with van der Waals surface area (Å²) in [7, 11) is 0. The second-order valence-corrected chi connectivity index (χ2v) is 6.61. The molecule has 0 aliphatic carbocycles. The van der Waals surface area contributed by atoms with E-state index in [1.807, 2.05) is 60.8 Å². The molecule has 5 nitrogen and oxygen atoms in total. The largest absolute Gasteiger partial charge is 0.489 e. The van der Waals surface area contributed by atoms with E-state index in [0.717, 1.165) is 48.0 Å². The Morgan fingerprint density at radius 3 is 2.55 bits per heavy atom. The van der Waals surface area contributed by atoms with Gasteiger partial charge >= 0.3 is 0 Å². The van der Waals surface area contributed by atoms with E-state index in [2.05, 4.69) is 40.7 Å². The number of pyridine rings is 1. The average molecular weight is 389 g/mol. The Hall–Kier alpha value is -3.34. The lowest BCUT2D eigenvalue weighted by Gasteiger charge is -2.11. The smallest absolute Gasteiger partial charge is 0.191 e. The molecule has 1 heterocycles. The summed E-state index contributed by atoms with van der Waals surface area (Å²) in [5.41, 5.74) is 3.33. The number of aliphatic imine (C=N–C) groups is 1. The standard InChI is InChI=1S/C24H28N4O/c1-2-25-24(27-16-14-22-12-6-7-15-26-22)28-18-21-11-8-13-23(17-21)29-19-20-9-4-3-5-10-20/h3-13,15,17H,2,14,16,18-19H2,1H3,(H2,25,27,28). The fourth-order valence-electron chi connectivity index (χ4n) is 2.84. The second-order valence-electron chi connectivity index (χ2n) is 6.61. The van der Waals surface area contributed by atoms with Crippen LogP contribution in [0.2, 0.25) is 0 Å². The first-order valence-corrected chi connectivity index (χ1v) is 10.0. The van der Waals surface area contributed by atoms with Crippen LogP contribution in [-0.2, 0) is 19.6 Å². The zero-order valence-electron chi connectivity index (χ0n) is 16.8. The molecule has 0 bridgehead atoms. The van der Waals surface area contributed by atoms with Crippen molar-refractivity contribution in [2.45, 2.75) is 26.5 Å². The highest BCUT2D eigenvalue weighted by atomic mass is 16.5. The minimum Gasteiger partial charge on any atom is -0.489 e. The van der Waals surface area contributed by atoms with Crippen LogP contribution in [-0.4, -0.2) is 24.0 Å². The lowest BCUT2D eigenvalue weighted by Crippen LogP contribution is -2.38. The SMILES string of the molecule is CCNC(=NCc1cccc(OCc2ccccc2)c1)NCCc1ccccn1. The van der Waals surface area contributed by atoms with Crippen LogP contribution in [0.3, 0.4) is 0 Å². The summed E-state index contributed by atoms with van der Waals surface area (Å²) in [5, 5.41) is 6.66. The molecule has 0 fully saturated rings. The van der Waals surface area contributed by atoms with E-state index in [1.165, 1.54) is 0 Å². The highest BCUT2D eigenvalue weighted by Crippen LogP contribution is 2.16. The first kappa shape index (κ1) is 20.4. The molecule has 1 aromatic heterocycles. The fourth-order valence-corrected chi connectivity index (χ4v) is 2.84. The van der Waals surface area contributed by atoms with Crippen LogP contribution in [0.25, 0.3) is 0 Å². The molecule has 0 amide bonds. The summed E-state index contributed by atoms with van der Waals surface area (Å²) >= 11 is 0. The summed E-state index contributed by atoms with van der Waals surface area (Å²) in [5.74, 6) is 1.66. The number of aromatic nitrogens is 1. The van der Waals surface area contributed by atoms with Gasteiger partial charge in [-0.3, -0.25) is 4.98 Å². The molecule has 2 N–H and O–H groups in total. The van der Waals surface area contributed by atoms with Gasteiger partial charge in [0.05, 0.1) is 6.54 Å². The summed E-state index contributed by atoms with van der Waals surface area (Å²) in [6.07, 6.45) is 2.68. The van der Waals surface area contributed by atoms with Crippen molar-refractivity contribution in [3.8, 4) is 5.75 Å². The molecular formula is C24H28N4O. The normalized spacial score (nSPS) is 11.1.